The van der Waals surface area contributed by atoms with E-state index in [0.717, 1.165) is 12.1 Å². The van der Waals surface area contributed by atoms with Gasteiger partial charge in [-0.25, -0.2) is 8.42 Å². The lowest BCUT2D eigenvalue weighted by atomic mass is 10.2. The number of hydrogen-bond acceptors (Lipinski definition) is 5. The average Bonchev–Trinajstić information content (AvgIpc) is 3.29. The van der Waals surface area contributed by atoms with Crippen LogP contribution in [0.25, 0.3) is 0 Å². The minimum atomic E-state index is -4.61. The first kappa shape index (κ1) is 23.9. The van der Waals surface area contributed by atoms with Gasteiger partial charge in [-0.2, -0.15) is 18.4 Å². The zero-order chi connectivity index (χ0) is 24.1. The molecule has 0 atom stereocenters. The number of carbonyl (C=O) groups excluding carboxylic acids is 1. The second-order valence-corrected chi connectivity index (χ2v) is 8.61. The van der Waals surface area contributed by atoms with Crippen LogP contribution in [0, 0.1) is 11.3 Å². The molecule has 0 aliphatic rings. The molecule has 0 saturated carbocycles. The number of rotatable bonds is 8. The fraction of sp³-hybridized carbons (Fsp3) is 0.182. The van der Waals surface area contributed by atoms with Gasteiger partial charge in [0.15, 0.2) is 0 Å². The number of nitriles is 1. The highest BCUT2D eigenvalue weighted by molar-refractivity contribution is 7.92. The summed E-state index contributed by atoms with van der Waals surface area (Å²) in [6, 6.07) is 14.1. The molecule has 1 heterocycles. The standard InChI is InChI=1S/C22H18F3N3O4S/c23-22(24,25)17-4-1-5-18(14-17)27-33(30,31)20-9-7-16(8-10-20)21(29)28(12-3-11-26)15-19-6-2-13-32-19/h1-2,4-10,13-14,27H,3,12,15H2. The molecule has 1 aromatic heterocycles. The van der Waals surface area contributed by atoms with E-state index in [1.54, 1.807) is 12.1 Å². The van der Waals surface area contributed by atoms with Crippen LogP contribution in [0.4, 0.5) is 18.9 Å². The predicted molar refractivity (Wildman–Crippen MR) is 112 cm³/mol. The van der Waals surface area contributed by atoms with E-state index < -0.39 is 27.7 Å². The Labute approximate surface area is 188 Å². The summed E-state index contributed by atoms with van der Waals surface area (Å²) in [7, 11) is -4.19. The van der Waals surface area contributed by atoms with E-state index >= 15 is 0 Å². The van der Waals surface area contributed by atoms with Crippen molar-refractivity contribution in [2.24, 2.45) is 0 Å². The number of nitrogens with one attached hydrogen (secondary N) is 1. The van der Waals surface area contributed by atoms with Crippen LogP contribution in [-0.2, 0) is 22.7 Å². The molecule has 0 aliphatic heterocycles. The molecule has 0 saturated heterocycles. The number of furan rings is 1. The smallest absolute Gasteiger partial charge is 0.416 e. The van der Waals surface area contributed by atoms with Crippen molar-refractivity contribution in [3.8, 4) is 6.07 Å². The van der Waals surface area contributed by atoms with Gasteiger partial charge in [-0.15, -0.1) is 0 Å². The minimum Gasteiger partial charge on any atom is -0.467 e. The van der Waals surface area contributed by atoms with Crippen LogP contribution >= 0.6 is 0 Å². The van der Waals surface area contributed by atoms with E-state index in [2.05, 4.69) is 4.72 Å². The molecule has 0 radical (unpaired) electrons. The van der Waals surface area contributed by atoms with E-state index in [0.29, 0.717) is 11.8 Å². The third-order valence-electron chi connectivity index (χ3n) is 4.56. The molecule has 1 N–H and O–H groups in total. The molecule has 1 amide bonds. The molecule has 3 aromatic rings. The Morgan fingerprint density at radius 1 is 1.09 bits per heavy atom. The lowest BCUT2D eigenvalue weighted by Gasteiger charge is -2.20. The predicted octanol–water partition coefficient (Wildman–Crippen LogP) is 4.66. The van der Waals surface area contributed by atoms with Gasteiger partial charge in [-0.3, -0.25) is 9.52 Å². The van der Waals surface area contributed by atoms with Crippen LogP contribution in [0.2, 0.25) is 0 Å². The number of sulfonamides is 1. The largest absolute Gasteiger partial charge is 0.467 e. The third-order valence-corrected chi connectivity index (χ3v) is 5.96. The van der Waals surface area contributed by atoms with Crippen molar-refractivity contribution < 1.29 is 30.8 Å². The highest BCUT2D eigenvalue weighted by atomic mass is 32.2. The minimum absolute atomic E-state index is 0.0970. The number of hydrogen-bond donors (Lipinski definition) is 1. The summed E-state index contributed by atoms with van der Waals surface area (Å²) in [4.78, 5) is 14.0. The van der Waals surface area contributed by atoms with Crippen LogP contribution in [0.15, 0.2) is 76.2 Å². The average molecular weight is 477 g/mol. The van der Waals surface area contributed by atoms with Crippen molar-refractivity contribution >= 4 is 21.6 Å². The summed E-state index contributed by atoms with van der Waals surface area (Å²) in [6.45, 7) is 0.276. The van der Waals surface area contributed by atoms with Crippen molar-refractivity contribution in [2.45, 2.75) is 24.0 Å². The number of anilines is 1. The lowest BCUT2D eigenvalue weighted by Crippen LogP contribution is -2.31. The van der Waals surface area contributed by atoms with Crippen molar-refractivity contribution in [3.63, 3.8) is 0 Å². The highest BCUT2D eigenvalue weighted by Gasteiger charge is 2.30. The topological polar surface area (TPSA) is 103 Å². The van der Waals surface area contributed by atoms with Gasteiger partial charge < -0.3 is 9.32 Å². The molecule has 33 heavy (non-hydrogen) atoms. The van der Waals surface area contributed by atoms with E-state index in [1.165, 1.54) is 41.5 Å². The SMILES string of the molecule is N#CCCN(Cc1ccco1)C(=O)c1ccc(S(=O)(=O)Nc2cccc(C(F)(F)F)c2)cc1. The fourth-order valence-electron chi connectivity index (χ4n) is 2.96. The first-order valence-corrected chi connectivity index (χ1v) is 11.1. The second-order valence-electron chi connectivity index (χ2n) is 6.92. The first-order valence-electron chi connectivity index (χ1n) is 9.59. The van der Waals surface area contributed by atoms with Gasteiger partial charge >= 0.3 is 6.18 Å². The molecule has 0 fully saturated rings. The number of benzene rings is 2. The molecule has 0 aliphatic carbocycles. The first-order chi connectivity index (χ1) is 15.6. The van der Waals surface area contributed by atoms with Gasteiger partial charge in [0.1, 0.15) is 5.76 Å². The summed E-state index contributed by atoms with van der Waals surface area (Å²) < 4.78 is 71.1. The maximum absolute atomic E-state index is 12.9. The molecule has 0 unspecified atom stereocenters. The molecular formula is C22H18F3N3O4S. The van der Waals surface area contributed by atoms with Crippen molar-refractivity contribution in [1.82, 2.24) is 4.90 Å². The molecule has 172 valence electrons. The Morgan fingerprint density at radius 3 is 2.42 bits per heavy atom. The summed E-state index contributed by atoms with van der Waals surface area (Å²) in [5.74, 6) is 0.0854. The Bertz CT molecular complexity index is 1250. The Hall–Kier alpha value is -3.78. The summed E-state index contributed by atoms with van der Waals surface area (Å²) in [5.41, 5.74) is -1.05. The number of alkyl halides is 3. The quantitative estimate of drug-likeness (QED) is 0.509. The van der Waals surface area contributed by atoms with Crippen molar-refractivity contribution in [2.75, 3.05) is 11.3 Å². The summed E-state index contributed by atoms with van der Waals surface area (Å²) in [5, 5.41) is 8.85. The lowest BCUT2D eigenvalue weighted by molar-refractivity contribution is -0.137. The maximum Gasteiger partial charge on any atom is 0.416 e. The number of nitrogens with zero attached hydrogens (tertiary/aromatic N) is 2. The van der Waals surface area contributed by atoms with E-state index in [4.69, 9.17) is 9.68 Å². The van der Waals surface area contributed by atoms with Gasteiger partial charge in [-0.05, 0) is 54.6 Å². The van der Waals surface area contributed by atoms with E-state index in [-0.39, 0.29) is 35.7 Å². The monoisotopic (exact) mass is 477 g/mol. The number of halogens is 3. The zero-order valence-electron chi connectivity index (χ0n) is 17.0. The molecule has 0 bridgehead atoms. The van der Waals surface area contributed by atoms with Gasteiger partial charge in [0, 0.05) is 17.8 Å². The van der Waals surface area contributed by atoms with E-state index in [1.807, 2.05) is 6.07 Å². The van der Waals surface area contributed by atoms with Gasteiger partial charge in [-0.1, -0.05) is 6.07 Å². The van der Waals surface area contributed by atoms with Crippen molar-refractivity contribution in [3.05, 3.63) is 83.8 Å². The van der Waals surface area contributed by atoms with Gasteiger partial charge in [0.05, 0.1) is 35.8 Å². The molecule has 11 heteroatoms. The van der Waals surface area contributed by atoms with Crippen LogP contribution in [0.5, 0.6) is 0 Å². The Kier molecular flexibility index (Phi) is 7.08. The molecule has 7 nitrogen and oxygen atoms in total. The maximum atomic E-state index is 12.9. The number of carbonyl (C=O) groups is 1. The number of amides is 1. The molecule has 0 spiro atoms. The van der Waals surface area contributed by atoms with Gasteiger partial charge in [0.2, 0.25) is 0 Å². The normalized spacial score (nSPS) is 11.6. The van der Waals surface area contributed by atoms with E-state index in [9.17, 15) is 26.4 Å². The Morgan fingerprint density at radius 2 is 1.82 bits per heavy atom. The van der Waals surface area contributed by atoms with Crippen LogP contribution in [0.1, 0.15) is 28.1 Å². The Balaban J connectivity index is 1.77. The molecule has 2 aromatic carbocycles. The van der Waals surface area contributed by atoms with Crippen LogP contribution in [-0.4, -0.2) is 25.8 Å². The molecule has 3 rings (SSSR count). The second kappa shape index (κ2) is 9.79. The summed E-state index contributed by atoms with van der Waals surface area (Å²) >= 11 is 0. The zero-order valence-corrected chi connectivity index (χ0v) is 17.9. The fourth-order valence-corrected chi connectivity index (χ4v) is 4.01. The van der Waals surface area contributed by atoms with Crippen LogP contribution in [0.3, 0.4) is 0 Å². The molecular weight excluding hydrogens is 459 g/mol. The third kappa shape index (κ3) is 6.14. The highest BCUT2D eigenvalue weighted by Crippen LogP contribution is 2.31. The summed E-state index contributed by atoms with van der Waals surface area (Å²) in [6.07, 6.45) is -3.06. The van der Waals surface area contributed by atoms with Crippen LogP contribution < -0.4 is 4.72 Å². The van der Waals surface area contributed by atoms with Crippen molar-refractivity contribution in [1.29, 1.82) is 5.26 Å². The van der Waals surface area contributed by atoms with Gasteiger partial charge in [0.25, 0.3) is 15.9 Å².